The number of nitrogens with two attached hydrogens (primary N) is 1. The van der Waals surface area contributed by atoms with E-state index >= 15 is 0 Å². The molecule has 1 amide bonds. The molecule has 3 N–H and O–H groups in total. The van der Waals surface area contributed by atoms with Gasteiger partial charge in [-0.2, -0.15) is 0 Å². The predicted molar refractivity (Wildman–Crippen MR) is 91.3 cm³/mol. The fourth-order valence-corrected chi connectivity index (χ4v) is 2.99. The summed E-state index contributed by atoms with van der Waals surface area (Å²) in [4.78, 5) is 11.9. The van der Waals surface area contributed by atoms with Gasteiger partial charge in [-0.15, -0.1) is 0 Å². The van der Waals surface area contributed by atoms with Crippen LogP contribution in [0.1, 0.15) is 24.0 Å². The van der Waals surface area contributed by atoms with Crippen molar-refractivity contribution in [1.82, 2.24) is 5.32 Å². The number of carbonyl (C=O) groups is 1. The van der Waals surface area contributed by atoms with E-state index < -0.39 is 0 Å². The van der Waals surface area contributed by atoms with Crippen molar-refractivity contribution in [1.29, 1.82) is 0 Å². The first-order chi connectivity index (χ1) is 11.2. The van der Waals surface area contributed by atoms with Crippen LogP contribution in [0.3, 0.4) is 0 Å². The number of benzene rings is 2. The lowest BCUT2D eigenvalue weighted by molar-refractivity contribution is 0.141. The predicted octanol–water partition coefficient (Wildman–Crippen LogP) is 3.12. The number of carbonyl (C=O) groups excluding carboxylic acids is 1. The van der Waals surface area contributed by atoms with Crippen LogP contribution in [0.25, 0.3) is 11.1 Å². The SMILES string of the molecule is C[C@H](CN)CNC(=O)OCC1c2ccccc2-c2ccccc21. The number of hydrogen-bond acceptors (Lipinski definition) is 3. The van der Waals surface area contributed by atoms with Gasteiger partial charge in [-0.3, -0.25) is 0 Å². The lowest BCUT2D eigenvalue weighted by Gasteiger charge is -2.15. The Morgan fingerprint density at radius 2 is 1.70 bits per heavy atom. The highest BCUT2D eigenvalue weighted by molar-refractivity contribution is 5.79. The van der Waals surface area contributed by atoms with E-state index in [9.17, 15) is 4.79 Å². The van der Waals surface area contributed by atoms with E-state index in [0.717, 1.165) is 0 Å². The van der Waals surface area contributed by atoms with Gasteiger partial charge in [0.2, 0.25) is 0 Å². The third-order valence-electron chi connectivity index (χ3n) is 4.34. The van der Waals surface area contributed by atoms with E-state index in [0.29, 0.717) is 19.7 Å². The van der Waals surface area contributed by atoms with Crippen LogP contribution in [0.5, 0.6) is 0 Å². The summed E-state index contributed by atoms with van der Waals surface area (Å²) in [7, 11) is 0. The molecule has 120 valence electrons. The molecular weight excluding hydrogens is 288 g/mol. The number of ether oxygens (including phenoxy) is 1. The summed E-state index contributed by atoms with van der Waals surface area (Å²) in [6, 6.07) is 16.6. The molecule has 4 heteroatoms. The van der Waals surface area contributed by atoms with Gasteiger partial charge in [0.05, 0.1) is 0 Å². The summed E-state index contributed by atoms with van der Waals surface area (Å²) in [6.45, 7) is 3.41. The van der Waals surface area contributed by atoms with Crippen LogP contribution >= 0.6 is 0 Å². The van der Waals surface area contributed by atoms with Gasteiger partial charge in [-0.05, 0) is 34.7 Å². The average molecular weight is 310 g/mol. The standard InChI is InChI=1S/C19H22N2O2/c1-13(10-20)11-21-19(22)23-12-18-16-8-4-2-6-14(16)15-7-3-5-9-17(15)18/h2-9,13,18H,10-12,20H2,1H3,(H,21,22)/t13-/m1/s1. The number of rotatable bonds is 5. The third kappa shape index (κ3) is 3.22. The molecule has 2 aromatic carbocycles. The fourth-order valence-electron chi connectivity index (χ4n) is 2.99. The van der Waals surface area contributed by atoms with Gasteiger partial charge in [0.1, 0.15) is 6.61 Å². The summed E-state index contributed by atoms with van der Waals surface area (Å²) >= 11 is 0. The van der Waals surface area contributed by atoms with E-state index in [4.69, 9.17) is 10.5 Å². The Morgan fingerprint density at radius 1 is 1.13 bits per heavy atom. The van der Waals surface area contributed by atoms with Gasteiger partial charge in [0.15, 0.2) is 0 Å². The molecule has 0 radical (unpaired) electrons. The maximum absolute atomic E-state index is 11.9. The Morgan fingerprint density at radius 3 is 2.26 bits per heavy atom. The first kappa shape index (κ1) is 15.6. The van der Waals surface area contributed by atoms with Gasteiger partial charge < -0.3 is 15.8 Å². The van der Waals surface area contributed by atoms with Crippen LogP contribution in [-0.2, 0) is 4.74 Å². The zero-order valence-electron chi connectivity index (χ0n) is 13.3. The Hall–Kier alpha value is -2.33. The second-order valence-electron chi connectivity index (χ2n) is 6.05. The molecule has 4 nitrogen and oxygen atoms in total. The summed E-state index contributed by atoms with van der Waals surface area (Å²) in [6.07, 6.45) is -0.382. The minimum atomic E-state index is -0.382. The molecule has 23 heavy (non-hydrogen) atoms. The molecule has 0 bridgehead atoms. The van der Waals surface area contributed by atoms with Crippen molar-refractivity contribution in [2.75, 3.05) is 19.7 Å². The van der Waals surface area contributed by atoms with Gasteiger partial charge >= 0.3 is 6.09 Å². The normalized spacial score (nSPS) is 14.0. The van der Waals surface area contributed by atoms with E-state index in [2.05, 4.69) is 29.6 Å². The average Bonchev–Trinajstić information content (AvgIpc) is 2.92. The van der Waals surface area contributed by atoms with E-state index in [1.807, 2.05) is 31.2 Å². The van der Waals surface area contributed by atoms with Crippen LogP contribution in [0.4, 0.5) is 4.79 Å². The van der Waals surface area contributed by atoms with Crippen molar-refractivity contribution in [2.45, 2.75) is 12.8 Å². The number of nitrogens with one attached hydrogen (secondary N) is 1. The van der Waals surface area contributed by atoms with Crippen molar-refractivity contribution in [3.63, 3.8) is 0 Å². The molecule has 0 aliphatic heterocycles. The maximum atomic E-state index is 11.9. The topological polar surface area (TPSA) is 64.3 Å². The molecular formula is C19H22N2O2. The zero-order chi connectivity index (χ0) is 16.2. The lowest BCUT2D eigenvalue weighted by atomic mass is 9.98. The minimum Gasteiger partial charge on any atom is -0.449 e. The highest BCUT2D eigenvalue weighted by Crippen LogP contribution is 2.44. The molecule has 1 aliphatic carbocycles. The fraction of sp³-hybridized carbons (Fsp3) is 0.316. The zero-order valence-corrected chi connectivity index (χ0v) is 13.3. The van der Waals surface area contributed by atoms with E-state index in [1.54, 1.807) is 0 Å². The molecule has 3 rings (SSSR count). The van der Waals surface area contributed by atoms with Crippen LogP contribution in [0.2, 0.25) is 0 Å². The second-order valence-corrected chi connectivity index (χ2v) is 6.05. The smallest absolute Gasteiger partial charge is 0.407 e. The molecule has 0 saturated carbocycles. The highest BCUT2D eigenvalue weighted by atomic mass is 16.5. The molecule has 0 aromatic heterocycles. The minimum absolute atomic E-state index is 0.0973. The van der Waals surface area contributed by atoms with Gasteiger partial charge in [-0.25, -0.2) is 4.79 Å². The molecule has 1 atom stereocenters. The van der Waals surface area contributed by atoms with Crippen molar-refractivity contribution in [3.05, 3.63) is 59.7 Å². The number of amides is 1. The quantitative estimate of drug-likeness (QED) is 0.892. The number of fused-ring (bicyclic) bond motifs is 3. The Balaban J connectivity index is 1.70. The van der Waals surface area contributed by atoms with Crippen molar-refractivity contribution >= 4 is 6.09 Å². The number of alkyl carbamates (subject to hydrolysis) is 1. The maximum Gasteiger partial charge on any atom is 0.407 e. The molecule has 0 saturated heterocycles. The summed E-state index contributed by atoms with van der Waals surface area (Å²) < 4.78 is 5.44. The van der Waals surface area contributed by atoms with Crippen molar-refractivity contribution in [3.8, 4) is 11.1 Å². The van der Waals surface area contributed by atoms with Gasteiger partial charge in [0, 0.05) is 12.5 Å². The van der Waals surface area contributed by atoms with Crippen molar-refractivity contribution in [2.24, 2.45) is 11.7 Å². The lowest BCUT2D eigenvalue weighted by Crippen LogP contribution is -2.32. The third-order valence-corrected chi connectivity index (χ3v) is 4.34. The molecule has 0 unspecified atom stereocenters. The summed E-state index contributed by atoms with van der Waals surface area (Å²) in [5.74, 6) is 0.343. The molecule has 0 heterocycles. The number of hydrogen-bond donors (Lipinski definition) is 2. The molecule has 0 spiro atoms. The first-order valence-corrected chi connectivity index (χ1v) is 7.99. The van der Waals surface area contributed by atoms with Gasteiger partial charge in [-0.1, -0.05) is 55.5 Å². The van der Waals surface area contributed by atoms with Crippen LogP contribution in [0.15, 0.2) is 48.5 Å². The summed E-state index contributed by atoms with van der Waals surface area (Å²) in [5, 5.41) is 2.76. The Kier molecular flexibility index (Phi) is 4.63. The molecule has 0 fully saturated rings. The highest BCUT2D eigenvalue weighted by Gasteiger charge is 2.28. The monoisotopic (exact) mass is 310 g/mol. The van der Waals surface area contributed by atoms with E-state index in [-0.39, 0.29) is 17.9 Å². The van der Waals surface area contributed by atoms with Gasteiger partial charge in [0.25, 0.3) is 0 Å². The Bertz CT molecular complexity index is 654. The first-order valence-electron chi connectivity index (χ1n) is 7.99. The Labute approximate surface area is 136 Å². The molecule has 2 aromatic rings. The summed E-state index contributed by atoms with van der Waals surface area (Å²) in [5.41, 5.74) is 10.4. The second kappa shape index (κ2) is 6.84. The van der Waals surface area contributed by atoms with Crippen LogP contribution in [0, 0.1) is 5.92 Å². The molecule has 1 aliphatic rings. The van der Waals surface area contributed by atoms with Crippen LogP contribution in [-0.4, -0.2) is 25.8 Å². The van der Waals surface area contributed by atoms with E-state index in [1.165, 1.54) is 22.3 Å². The van der Waals surface area contributed by atoms with Crippen LogP contribution < -0.4 is 11.1 Å². The largest absolute Gasteiger partial charge is 0.449 e. The van der Waals surface area contributed by atoms with Crippen molar-refractivity contribution < 1.29 is 9.53 Å².